The molecule has 4 rings (SSSR count). The molecular formula is C24H26N4O4S2. The second-order valence-corrected chi connectivity index (χ2v) is 10.7. The fraction of sp³-hybridized carbons (Fsp3) is 0.292. The number of nitrogens with zero attached hydrogens (tertiary/aromatic N) is 4. The van der Waals surface area contributed by atoms with Crippen molar-refractivity contribution in [1.29, 1.82) is 0 Å². The number of benzene rings is 2. The first kappa shape index (κ1) is 24.2. The Morgan fingerprint density at radius 3 is 2.47 bits per heavy atom. The molecule has 1 aliphatic heterocycles. The Balaban J connectivity index is 1.27. The molecule has 0 spiro atoms. The highest BCUT2D eigenvalue weighted by atomic mass is 32.2. The van der Waals surface area contributed by atoms with E-state index >= 15 is 0 Å². The van der Waals surface area contributed by atoms with Crippen LogP contribution in [0.1, 0.15) is 16.7 Å². The number of sulfonamides is 1. The van der Waals surface area contributed by atoms with Crippen LogP contribution in [0.15, 0.2) is 63.6 Å². The highest BCUT2D eigenvalue weighted by Gasteiger charge is 2.27. The molecule has 0 saturated carbocycles. The highest BCUT2D eigenvalue weighted by molar-refractivity contribution is 7.99. The van der Waals surface area contributed by atoms with Gasteiger partial charge in [-0.1, -0.05) is 48.2 Å². The number of carbonyl (C=O) groups is 1. The predicted molar refractivity (Wildman–Crippen MR) is 132 cm³/mol. The number of piperazine rings is 1. The minimum Gasteiger partial charge on any atom is -0.411 e. The van der Waals surface area contributed by atoms with Crippen LogP contribution in [0.2, 0.25) is 0 Å². The van der Waals surface area contributed by atoms with E-state index in [4.69, 9.17) is 4.42 Å². The molecule has 1 aliphatic rings. The number of thioether (sulfide) groups is 1. The molecule has 2 heterocycles. The molecule has 8 nitrogen and oxygen atoms in total. The first-order valence-corrected chi connectivity index (χ1v) is 13.4. The Bertz CT molecular complexity index is 1280. The summed E-state index contributed by atoms with van der Waals surface area (Å²) in [6, 6.07) is 15.2. The third kappa shape index (κ3) is 5.94. The minimum absolute atomic E-state index is 0.0900. The zero-order valence-corrected chi connectivity index (χ0v) is 20.7. The topological polar surface area (TPSA) is 96.6 Å². The Morgan fingerprint density at radius 2 is 1.76 bits per heavy atom. The quantitative estimate of drug-likeness (QED) is 0.459. The van der Waals surface area contributed by atoms with Gasteiger partial charge in [-0.2, -0.15) is 4.31 Å². The van der Waals surface area contributed by atoms with E-state index in [1.807, 2.05) is 62.4 Å². The van der Waals surface area contributed by atoms with E-state index in [-0.39, 0.29) is 24.7 Å². The number of rotatable bonds is 7. The summed E-state index contributed by atoms with van der Waals surface area (Å²) in [5.41, 5.74) is 3.98. The Labute approximate surface area is 203 Å². The summed E-state index contributed by atoms with van der Waals surface area (Å²) in [5, 5.41) is 9.66. The third-order valence-corrected chi connectivity index (χ3v) is 8.03. The molecule has 0 bridgehead atoms. The number of aromatic nitrogens is 2. The molecule has 1 saturated heterocycles. The van der Waals surface area contributed by atoms with Gasteiger partial charge in [0.1, 0.15) is 0 Å². The Kier molecular flexibility index (Phi) is 7.50. The van der Waals surface area contributed by atoms with Crippen molar-refractivity contribution >= 4 is 33.8 Å². The van der Waals surface area contributed by atoms with Crippen LogP contribution >= 0.6 is 11.8 Å². The summed E-state index contributed by atoms with van der Waals surface area (Å²) in [6.07, 6.45) is 1.58. The molecular weight excluding hydrogens is 472 g/mol. The summed E-state index contributed by atoms with van der Waals surface area (Å²) < 4.78 is 32.3. The van der Waals surface area contributed by atoms with Gasteiger partial charge in [-0.25, -0.2) is 8.42 Å². The van der Waals surface area contributed by atoms with Crippen molar-refractivity contribution in [3.63, 3.8) is 0 Å². The van der Waals surface area contributed by atoms with Gasteiger partial charge in [0.25, 0.3) is 5.22 Å². The summed E-state index contributed by atoms with van der Waals surface area (Å²) in [5.74, 6) is 0.475. The van der Waals surface area contributed by atoms with Crippen molar-refractivity contribution in [3.05, 3.63) is 70.6 Å². The van der Waals surface area contributed by atoms with Crippen LogP contribution in [0, 0.1) is 13.8 Å². The van der Waals surface area contributed by atoms with E-state index in [0.29, 0.717) is 24.2 Å². The van der Waals surface area contributed by atoms with E-state index in [2.05, 4.69) is 10.2 Å². The van der Waals surface area contributed by atoms with Crippen LogP contribution in [-0.4, -0.2) is 65.7 Å². The van der Waals surface area contributed by atoms with Crippen molar-refractivity contribution < 1.29 is 17.6 Å². The normalized spacial score (nSPS) is 15.2. The van der Waals surface area contributed by atoms with Crippen LogP contribution in [0.5, 0.6) is 0 Å². The lowest BCUT2D eigenvalue weighted by Crippen LogP contribution is -2.50. The number of aryl methyl sites for hydroxylation is 2. The minimum atomic E-state index is -3.54. The molecule has 3 aromatic rings. The summed E-state index contributed by atoms with van der Waals surface area (Å²) in [6.45, 7) is 5.26. The summed E-state index contributed by atoms with van der Waals surface area (Å²) in [7, 11) is -3.54. The van der Waals surface area contributed by atoms with E-state index in [0.717, 1.165) is 16.7 Å². The average Bonchev–Trinajstić information content (AvgIpc) is 3.33. The average molecular weight is 499 g/mol. The van der Waals surface area contributed by atoms with Crippen LogP contribution in [0.25, 0.3) is 17.5 Å². The maximum Gasteiger partial charge on any atom is 0.277 e. The van der Waals surface area contributed by atoms with E-state index in [1.54, 1.807) is 11.0 Å². The number of amides is 1. The zero-order chi connectivity index (χ0) is 24.1. The van der Waals surface area contributed by atoms with Crippen molar-refractivity contribution in [2.24, 2.45) is 0 Å². The Hall–Kier alpha value is -2.95. The third-order valence-electron chi connectivity index (χ3n) is 5.66. The maximum atomic E-state index is 12.6. The molecule has 0 N–H and O–H groups in total. The van der Waals surface area contributed by atoms with Gasteiger partial charge in [0.05, 0.1) is 5.75 Å². The van der Waals surface area contributed by atoms with Crippen molar-refractivity contribution in [2.75, 3.05) is 31.9 Å². The van der Waals surface area contributed by atoms with Crippen molar-refractivity contribution in [1.82, 2.24) is 19.4 Å². The molecule has 0 unspecified atom stereocenters. The second kappa shape index (κ2) is 10.5. The molecule has 1 amide bonds. The number of hydrogen-bond donors (Lipinski definition) is 0. The molecule has 178 valence electrons. The fourth-order valence-electron chi connectivity index (χ4n) is 3.48. The van der Waals surface area contributed by atoms with Gasteiger partial charge in [0, 0.05) is 37.2 Å². The van der Waals surface area contributed by atoms with Crippen molar-refractivity contribution in [3.8, 4) is 11.5 Å². The van der Waals surface area contributed by atoms with Gasteiger partial charge in [0.2, 0.25) is 21.8 Å². The van der Waals surface area contributed by atoms with E-state index in [1.165, 1.54) is 27.0 Å². The van der Waals surface area contributed by atoms with Gasteiger partial charge >= 0.3 is 0 Å². The lowest BCUT2D eigenvalue weighted by molar-refractivity contribution is -0.129. The predicted octanol–water partition coefficient (Wildman–Crippen LogP) is 3.59. The molecule has 2 aromatic carbocycles. The molecule has 34 heavy (non-hydrogen) atoms. The monoisotopic (exact) mass is 498 g/mol. The number of hydrogen-bond acceptors (Lipinski definition) is 7. The largest absolute Gasteiger partial charge is 0.411 e. The Morgan fingerprint density at radius 1 is 1.03 bits per heavy atom. The SMILES string of the molecule is Cc1ccc(-c2nnc(SCC(=O)N3CCN(S(=O)(=O)/C=C/c4ccccc4)CC3)o2)cc1C. The van der Waals surface area contributed by atoms with Crippen LogP contribution in [0.3, 0.4) is 0 Å². The maximum absolute atomic E-state index is 12.6. The molecule has 0 atom stereocenters. The van der Waals surface area contributed by atoms with Crippen molar-refractivity contribution in [2.45, 2.75) is 19.1 Å². The molecule has 0 aliphatic carbocycles. The molecule has 1 aromatic heterocycles. The first-order valence-electron chi connectivity index (χ1n) is 10.9. The van der Waals surface area contributed by atoms with Gasteiger partial charge < -0.3 is 9.32 Å². The van der Waals surface area contributed by atoms with Crippen LogP contribution in [-0.2, 0) is 14.8 Å². The van der Waals surface area contributed by atoms with Crippen LogP contribution in [0.4, 0.5) is 0 Å². The smallest absolute Gasteiger partial charge is 0.277 e. The zero-order valence-electron chi connectivity index (χ0n) is 19.0. The molecule has 1 fully saturated rings. The fourth-order valence-corrected chi connectivity index (χ4v) is 5.32. The van der Waals surface area contributed by atoms with Gasteiger partial charge in [-0.3, -0.25) is 4.79 Å². The second-order valence-electron chi connectivity index (χ2n) is 8.00. The standard InChI is InChI=1S/C24H26N4O4S2/c1-18-8-9-21(16-19(18)2)23-25-26-24(32-23)33-17-22(29)27-11-13-28(14-12-27)34(30,31)15-10-20-6-4-3-5-7-20/h3-10,15-16H,11-14,17H2,1-2H3/b15-10+. The van der Waals surface area contributed by atoms with E-state index < -0.39 is 10.0 Å². The van der Waals surface area contributed by atoms with Crippen LogP contribution < -0.4 is 0 Å². The first-order chi connectivity index (χ1) is 16.3. The van der Waals surface area contributed by atoms with Gasteiger partial charge in [0.15, 0.2) is 0 Å². The van der Waals surface area contributed by atoms with Gasteiger partial charge in [-0.05, 0) is 48.7 Å². The highest BCUT2D eigenvalue weighted by Crippen LogP contribution is 2.25. The number of carbonyl (C=O) groups excluding carboxylic acids is 1. The summed E-state index contributed by atoms with van der Waals surface area (Å²) in [4.78, 5) is 14.3. The summed E-state index contributed by atoms with van der Waals surface area (Å²) >= 11 is 1.18. The molecule has 10 heteroatoms. The lowest BCUT2D eigenvalue weighted by atomic mass is 10.1. The molecule has 0 radical (unpaired) electrons. The van der Waals surface area contributed by atoms with E-state index in [9.17, 15) is 13.2 Å². The van der Waals surface area contributed by atoms with Gasteiger partial charge in [-0.15, -0.1) is 10.2 Å². The lowest BCUT2D eigenvalue weighted by Gasteiger charge is -2.33.